The molecule has 0 saturated carbocycles. The highest BCUT2D eigenvalue weighted by atomic mass is 16.5. The molecule has 0 unspecified atom stereocenters. The number of aliphatic carboxylic acids is 1. The molecule has 112 valence electrons. The molecular weight excluding hydrogens is 248 g/mol. The number of carboxylic acid groups (broad SMARTS) is 1. The van der Waals surface area contributed by atoms with Gasteiger partial charge in [0.05, 0.1) is 6.61 Å². The predicted octanol–water partition coefficient (Wildman–Crippen LogP) is 1.60. The number of carbonyl (C=O) groups is 2. The maximum atomic E-state index is 11.3. The smallest absolute Gasteiger partial charge is 0.314 e. The maximum Gasteiger partial charge on any atom is 0.314 e. The molecule has 2 amide bonds. The zero-order valence-electron chi connectivity index (χ0n) is 11.9. The van der Waals surface area contributed by atoms with Crippen molar-refractivity contribution in [2.45, 2.75) is 39.5 Å². The van der Waals surface area contributed by atoms with Crippen molar-refractivity contribution in [3.8, 4) is 0 Å². The van der Waals surface area contributed by atoms with Gasteiger partial charge in [-0.2, -0.15) is 0 Å². The Bertz CT molecular complexity index is 257. The molecule has 0 atom stereocenters. The van der Waals surface area contributed by atoms with Crippen LogP contribution in [0.4, 0.5) is 4.79 Å². The number of ether oxygens (including phenoxy) is 1. The molecule has 0 aliphatic carbocycles. The lowest BCUT2D eigenvalue weighted by molar-refractivity contribution is -0.137. The van der Waals surface area contributed by atoms with Crippen molar-refractivity contribution in [2.24, 2.45) is 5.92 Å². The van der Waals surface area contributed by atoms with Gasteiger partial charge in [0.25, 0.3) is 0 Å². The number of hydrogen-bond acceptors (Lipinski definition) is 3. The Balaban J connectivity index is 3.23. The van der Waals surface area contributed by atoms with Crippen molar-refractivity contribution in [2.75, 3.05) is 26.3 Å². The number of carboxylic acids is 1. The summed E-state index contributed by atoms with van der Waals surface area (Å²) in [5.41, 5.74) is 0. The van der Waals surface area contributed by atoms with E-state index in [1.54, 1.807) is 0 Å². The van der Waals surface area contributed by atoms with Crippen molar-refractivity contribution < 1.29 is 19.4 Å². The van der Waals surface area contributed by atoms with Gasteiger partial charge in [0, 0.05) is 26.1 Å². The molecular formula is C13H26N2O4. The molecule has 0 saturated heterocycles. The molecule has 0 aliphatic heterocycles. The van der Waals surface area contributed by atoms with E-state index in [4.69, 9.17) is 9.84 Å². The Labute approximate surface area is 114 Å². The van der Waals surface area contributed by atoms with Gasteiger partial charge in [-0.1, -0.05) is 20.3 Å². The summed E-state index contributed by atoms with van der Waals surface area (Å²) in [6, 6.07) is -0.202. The normalized spacial score (nSPS) is 10.5. The van der Waals surface area contributed by atoms with Crippen LogP contribution in [0.1, 0.15) is 39.5 Å². The second kappa shape index (κ2) is 11.8. The Morgan fingerprint density at radius 1 is 1.11 bits per heavy atom. The van der Waals surface area contributed by atoms with Crippen molar-refractivity contribution in [3.63, 3.8) is 0 Å². The van der Waals surface area contributed by atoms with Gasteiger partial charge in [0.2, 0.25) is 0 Å². The second-order valence-corrected chi connectivity index (χ2v) is 4.86. The van der Waals surface area contributed by atoms with Gasteiger partial charge in [-0.15, -0.1) is 0 Å². The second-order valence-electron chi connectivity index (χ2n) is 4.86. The highest BCUT2D eigenvalue weighted by Crippen LogP contribution is 1.98. The lowest BCUT2D eigenvalue weighted by Crippen LogP contribution is -2.37. The summed E-state index contributed by atoms with van der Waals surface area (Å²) >= 11 is 0. The molecule has 6 heteroatoms. The Morgan fingerprint density at radius 2 is 1.79 bits per heavy atom. The van der Waals surface area contributed by atoms with Crippen molar-refractivity contribution in [1.82, 2.24) is 10.6 Å². The fraction of sp³-hybridized carbons (Fsp3) is 0.846. The molecule has 0 radical (unpaired) electrons. The molecule has 0 spiro atoms. The fourth-order valence-corrected chi connectivity index (χ4v) is 1.40. The van der Waals surface area contributed by atoms with Gasteiger partial charge in [0.15, 0.2) is 0 Å². The minimum Gasteiger partial charge on any atom is -0.481 e. The number of hydrogen-bond donors (Lipinski definition) is 3. The maximum absolute atomic E-state index is 11.3. The highest BCUT2D eigenvalue weighted by molar-refractivity contribution is 5.73. The number of amides is 2. The van der Waals surface area contributed by atoms with Gasteiger partial charge >= 0.3 is 12.0 Å². The minimum atomic E-state index is -0.771. The topological polar surface area (TPSA) is 87.7 Å². The summed E-state index contributed by atoms with van der Waals surface area (Å²) in [4.78, 5) is 21.6. The summed E-state index contributed by atoms with van der Waals surface area (Å²) < 4.78 is 5.33. The average Bonchev–Trinajstić information content (AvgIpc) is 2.32. The number of rotatable bonds is 11. The van der Waals surface area contributed by atoms with Crippen molar-refractivity contribution in [3.05, 3.63) is 0 Å². The molecule has 0 bridgehead atoms. The highest BCUT2D eigenvalue weighted by Gasteiger charge is 2.00. The Hall–Kier alpha value is -1.30. The number of nitrogens with one attached hydrogen (secondary N) is 2. The van der Waals surface area contributed by atoms with E-state index in [9.17, 15) is 9.59 Å². The van der Waals surface area contributed by atoms with Gasteiger partial charge < -0.3 is 20.5 Å². The van der Waals surface area contributed by atoms with Crippen LogP contribution in [0.2, 0.25) is 0 Å². The zero-order chi connectivity index (χ0) is 14.5. The Kier molecular flexibility index (Phi) is 11.0. The third-order valence-corrected chi connectivity index (χ3v) is 2.34. The molecule has 0 rings (SSSR count). The van der Waals surface area contributed by atoms with E-state index in [-0.39, 0.29) is 12.5 Å². The van der Waals surface area contributed by atoms with Crippen LogP contribution in [0.25, 0.3) is 0 Å². The third kappa shape index (κ3) is 14.6. The van der Waals surface area contributed by atoms with Gasteiger partial charge in [-0.25, -0.2) is 4.79 Å². The summed E-state index contributed by atoms with van der Waals surface area (Å²) in [5.74, 6) is -0.272. The van der Waals surface area contributed by atoms with E-state index >= 15 is 0 Å². The van der Waals surface area contributed by atoms with E-state index in [2.05, 4.69) is 24.5 Å². The fourth-order valence-electron chi connectivity index (χ4n) is 1.40. The summed E-state index contributed by atoms with van der Waals surface area (Å²) in [6.45, 7) is 6.43. The summed E-state index contributed by atoms with van der Waals surface area (Å²) in [5, 5.41) is 13.9. The predicted molar refractivity (Wildman–Crippen MR) is 73.2 cm³/mol. The van der Waals surface area contributed by atoms with Crippen LogP contribution < -0.4 is 10.6 Å². The molecule has 0 fully saturated rings. The average molecular weight is 274 g/mol. The van der Waals surface area contributed by atoms with Gasteiger partial charge in [0.1, 0.15) is 0 Å². The molecule has 0 heterocycles. The van der Waals surface area contributed by atoms with E-state index in [0.29, 0.717) is 38.6 Å². The van der Waals surface area contributed by atoms with Crippen LogP contribution in [0.3, 0.4) is 0 Å². The summed E-state index contributed by atoms with van der Waals surface area (Å²) in [7, 11) is 0. The first-order valence-corrected chi connectivity index (χ1v) is 6.83. The van der Waals surface area contributed by atoms with Gasteiger partial charge in [-0.3, -0.25) is 4.79 Å². The minimum absolute atomic E-state index is 0.194. The molecule has 0 aromatic rings. The molecule has 0 aromatic heterocycles. The first-order chi connectivity index (χ1) is 9.02. The van der Waals surface area contributed by atoms with E-state index in [0.717, 1.165) is 12.8 Å². The molecule has 19 heavy (non-hydrogen) atoms. The van der Waals surface area contributed by atoms with E-state index in [1.165, 1.54) is 0 Å². The molecule has 0 aliphatic rings. The van der Waals surface area contributed by atoms with E-state index < -0.39 is 5.97 Å². The quantitative estimate of drug-likeness (QED) is 0.499. The monoisotopic (exact) mass is 274 g/mol. The third-order valence-electron chi connectivity index (χ3n) is 2.34. The first kappa shape index (κ1) is 17.7. The lowest BCUT2D eigenvalue weighted by atomic mass is 10.2. The number of urea groups is 1. The van der Waals surface area contributed by atoms with Crippen LogP contribution in [0, 0.1) is 5.92 Å². The largest absolute Gasteiger partial charge is 0.481 e. The van der Waals surface area contributed by atoms with Gasteiger partial charge in [-0.05, 0) is 18.8 Å². The van der Waals surface area contributed by atoms with Crippen LogP contribution >= 0.6 is 0 Å². The first-order valence-electron chi connectivity index (χ1n) is 6.83. The molecule has 6 nitrogen and oxygen atoms in total. The number of unbranched alkanes of at least 4 members (excludes halogenated alkanes) is 2. The van der Waals surface area contributed by atoms with Crippen molar-refractivity contribution >= 4 is 12.0 Å². The zero-order valence-corrected chi connectivity index (χ0v) is 11.9. The van der Waals surface area contributed by atoms with Crippen molar-refractivity contribution in [1.29, 1.82) is 0 Å². The van der Waals surface area contributed by atoms with Crippen LogP contribution in [-0.4, -0.2) is 43.4 Å². The van der Waals surface area contributed by atoms with Crippen LogP contribution in [0.5, 0.6) is 0 Å². The van der Waals surface area contributed by atoms with Crippen LogP contribution in [0.15, 0.2) is 0 Å². The number of carbonyl (C=O) groups excluding carboxylic acids is 1. The standard InChI is InChI=1S/C13H26N2O4/c1-11(2)10-19-9-8-15-13(18)14-7-5-3-4-6-12(16)17/h11H,3-10H2,1-2H3,(H,16,17)(H2,14,15,18). The Morgan fingerprint density at radius 3 is 2.42 bits per heavy atom. The van der Waals surface area contributed by atoms with Crippen LogP contribution in [-0.2, 0) is 9.53 Å². The van der Waals surface area contributed by atoms with E-state index in [1.807, 2.05) is 0 Å². The lowest BCUT2D eigenvalue weighted by Gasteiger charge is -2.09. The molecule has 3 N–H and O–H groups in total. The molecule has 0 aromatic carbocycles. The SMILES string of the molecule is CC(C)COCCNC(=O)NCCCCCC(=O)O. The summed E-state index contributed by atoms with van der Waals surface area (Å²) in [6.07, 6.45) is 2.45.